The summed E-state index contributed by atoms with van der Waals surface area (Å²) in [6.45, 7) is 5.56. The predicted molar refractivity (Wildman–Crippen MR) is 77.7 cm³/mol. The van der Waals surface area contributed by atoms with Crippen LogP contribution in [0.15, 0.2) is 29.2 Å². The average Bonchev–Trinajstić information content (AvgIpc) is 2.89. The van der Waals surface area contributed by atoms with E-state index >= 15 is 0 Å². The molecule has 0 spiro atoms. The van der Waals surface area contributed by atoms with Gasteiger partial charge in [0.1, 0.15) is 0 Å². The Bertz CT molecular complexity index is 525. The Balaban J connectivity index is 2.18. The normalized spacial score (nSPS) is 21.2. The van der Waals surface area contributed by atoms with Gasteiger partial charge in [0.2, 0.25) is 10.0 Å². The van der Waals surface area contributed by atoms with Gasteiger partial charge in [0.05, 0.1) is 4.90 Å². The Kier molecular flexibility index (Phi) is 4.54. The van der Waals surface area contributed by atoms with Gasteiger partial charge in [-0.3, -0.25) is 0 Å². The molecule has 0 N–H and O–H groups in total. The first-order chi connectivity index (χ1) is 8.95. The van der Waals surface area contributed by atoms with E-state index in [4.69, 9.17) is 11.6 Å². The van der Waals surface area contributed by atoms with Crippen LogP contribution in [0.25, 0.3) is 0 Å². The molecule has 106 valence electrons. The smallest absolute Gasteiger partial charge is 0.207 e. The average molecular weight is 302 g/mol. The van der Waals surface area contributed by atoms with Gasteiger partial charge in [0.25, 0.3) is 0 Å². The Labute approximate surface area is 120 Å². The van der Waals surface area contributed by atoms with Gasteiger partial charge in [-0.25, -0.2) is 8.42 Å². The Morgan fingerprint density at radius 2 is 1.95 bits per heavy atom. The molecule has 19 heavy (non-hydrogen) atoms. The maximum atomic E-state index is 12.5. The zero-order chi connectivity index (χ0) is 14.0. The molecule has 1 atom stereocenters. The molecule has 0 radical (unpaired) electrons. The van der Waals surface area contributed by atoms with Crippen molar-refractivity contribution in [2.75, 3.05) is 13.1 Å². The third-order valence-electron chi connectivity index (χ3n) is 3.85. The molecule has 1 aliphatic heterocycles. The third-order valence-corrected chi connectivity index (χ3v) is 6.03. The van der Waals surface area contributed by atoms with Gasteiger partial charge >= 0.3 is 0 Å². The van der Waals surface area contributed by atoms with Crippen LogP contribution >= 0.6 is 11.6 Å². The van der Waals surface area contributed by atoms with Gasteiger partial charge in [-0.2, -0.15) is 4.31 Å². The van der Waals surface area contributed by atoms with E-state index in [0.717, 1.165) is 12.0 Å². The highest BCUT2D eigenvalue weighted by atomic mass is 35.5. The lowest BCUT2D eigenvalue weighted by molar-refractivity contribution is 0.388. The molecule has 1 heterocycles. The lowest BCUT2D eigenvalue weighted by atomic mass is 9.96. The van der Waals surface area contributed by atoms with Gasteiger partial charge in [0.15, 0.2) is 0 Å². The van der Waals surface area contributed by atoms with Crippen molar-refractivity contribution in [1.82, 2.24) is 4.31 Å². The van der Waals surface area contributed by atoms with Crippen molar-refractivity contribution in [3.05, 3.63) is 29.8 Å². The van der Waals surface area contributed by atoms with Crippen LogP contribution in [0.1, 0.15) is 25.8 Å². The highest BCUT2D eigenvalue weighted by Crippen LogP contribution is 2.28. The summed E-state index contributed by atoms with van der Waals surface area (Å²) in [4.78, 5) is 0.366. The summed E-state index contributed by atoms with van der Waals surface area (Å²) in [6.07, 6.45) is 0.955. The predicted octanol–water partition coefficient (Wildman–Crippen LogP) is 3.09. The van der Waals surface area contributed by atoms with E-state index in [1.165, 1.54) is 0 Å². The second kappa shape index (κ2) is 5.81. The van der Waals surface area contributed by atoms with Crippen LogP contribution < -0.4 is 0 Å². The molecular weight excluding hydrogens is 282 g/mol. The molecular formula is C14H20ClNO2S. The molecule has 0 saturated carbocycles. The molecule has 0 amide bonds. The van der Waals surface area contributed by atoms with Crippen molar-refractivity contribution < 1.29 is 8.42 Å². The van der Waals surface area contributed by atoms with Gasteiger partial charge < -0.3 is 0 Å². The summed E-state index contributed by atoms with van der Waals surface area (Å²) < 4.78 is 26.6. The molecule has 2 rings (SSSR count). The van der Waals surface area contributed by atoms with E-state index in [2.05, 4.69) is 13.8 Å². The highest BCUT2D eigenvalue weighted by Gasteiger charge is 2.33. The summed E-state index contributed by atoms with van der Waals surface area (Å²) in [5.41, 5.74) is 0.932. The number of sulfonamides is 1. The summed E-state index contributed by atoms with van der Waals surface area (Å²) in [5, 5.41) is 0. The molecule has 0 aliphatic carbocycles. The number of halogens is 1. The van der Waals surface area contributed by atoms with E-state index in [9.17, 15) is 8.42 Å². The number of rotatable bonds is 4. The summed E-state index contributed by atoms with van der Waals surface area (Å²) in [6, 6.07) is 6.84. The second-order valence-electron chi connectivity index (χ2n) is 5.43. The Hall–Kier alpha value is -0.580. The van der Waals surface area contributed by atoms with E-state index in [1.807, 2.05) is 0 Å². The first-order valence-corrected chi connectivity index (χ1v) is 8.57. The fourth-order valence-electron chi connectivity index (χ4n) is 2.42. The maximum absolute atomic E-state index is 12.5. The summed E-state index contributed by atoms with van der Waals surface area (Å²) in [5.74, 6) is 1.40. The minimum atomic E-state index is -3.34. The molecule has 1 fully saturated rings. The van der Waals surface area contributed by atoms with Crippen LogP contribution in [0.3, 0.4) is 0 Å². The Morgan fingerprint density at radius 1 is 1.32 bits per heavy atom. The van der Waals surface area contributed by atoms with Crippen molar-refractivity contribution >= 4 is 21.6 Å². The molecule has 5 heteroatoms. The van der Waals surface area contributed by atoms with Crippen molar-refractivity contribution in [3.8, 4) is 0 Å². The zero-order valence-electron chi connectivity index (χ0n) is 11.3. The minimum Gasteiger partial charge on any atom is -0.207 e. The lowest BCUT2D eigenvalue weighted by Gasteiger charge is -2.18. The first-order valence-electron chi connectivity index (χ1n) is 6.60. The third kappa shape index (κ3) is 3.12. The minimum absolute atomic E-state index is 0.366. The molecule has 0 bridgehead atoms. The monoisotopic (exact) mass is 301 g/mol. The van der Waals surface area contributed by atoms with Gasteiger partial charge in [0, 0.05) is 19.0 Å². The number of benzene rings is 1. The molecule has 1 saturated heterocycles. The van der Waals surface area contributed by atoms with Crippen LogP contribution in [-0.2, 0) is 15.9 Å². The fourth-order valence-corrected chi connectivity index (χ4v) is 4.11. The molecule has 1 aromatic rings. The second-order valence-corrected chi connectivity index (χ2v) is 7.64. The zero-order valence-corrected chi connectivity index (χ0v) is 12.9. The van der Waals surface area contributed by atoms with Crippen molar-refractivity contribution in [3.63, 3.8) is 0 Å². The molecule has 1 aromatic carbocycles. The highest BCUT2D eigenvalue weighted by molar-refractivity contribution is 7.89. The molecule has 1 unspecified atom stereocenters. The summed E-state index contributed by atoms with van der Waals surface area (Å²) in [7, 11) is -3.34. The van der Waals surface area contributed by atoms with Gasteiger partial charge in [-0.15, -0.1) is 11.6 Å². The lowest BCUT2D eigenvalue weighted by Crippen LogP contribution is -2.29. The molecule has 0 aromatic heterocycles. The maximum Gasteiger partial charge on any atom is 0.243 e. The summed E-state index contributed by atoms with van der Waals surface area (Å²) >= 11 is 5.71. The van der Waals surface area contributed by atoms with Crippen molar-refractivity contribution in [2.45, 2.75) is 31.0 Å². The topological polar surface area (TPSA) is 37.4 Å². The largest absolute Gasteiger partial charge is 0.243 e. The number of hydrogen-bond acceptors (Lipinski definition) is 2. The van der Waals surface area contributed by atoms with Crippen LogP contribution in [0.4, 0.5) is 0 Å². The molecule has 1 aliphatic rings. The van der Waals surface area contributed by atoms with Crippen molar-refractivity contribution in [2.24, 2.45) is 11.8 Å². The van der Waals surface area contributed by atoms with Crippen LogP contribution in [0.2, 0.25) is 0 Å². The fraction of sp³-hybridized carbons (Fsp3) is 0.571. The SMILES string of the molecule is CC(C)C1CCN(S(=O)(=O)c2ccc(CCl)cc2)C1. The standard InChI is InChI=1S/C14H20ClNO2S/c1-11(2)13-7-8-16(10-13)19(17,18)14-5-3-12(9-15)4-6-14/h3-6,11,13H,7-10H2,1-2H3. The van der Waals surface area contributed by atoms with Gasteiger partial charge in [-0.05, 0) is 36.0 Å². The van der Waals surface area contributed by atoms with E-state index in [1.54, 1.807) is 28.6 Å². The quantitative estimate of drug-likeness (QED) is 0.802. The van der Waals surface area contributed by atoms with Crippen LogP contribution in [0, 0.1) is 11.8 Å². The number of nitrogens with zero attached hydrogens (tertiary/aromatic N) is 1. The molecule has 3 nitrogen and oxygen atoms in total. The van der Waals surface area contributed by atoms with E-state index in [0.29, 0.717) is 35.7 Å². The first kappa shape index (κ1) is 14.8. The number of alkyl halides is 1. The van der Waals surface area contributed by atoms with Gasteiger partial charge in [-0.1, -0.05) is 26.0 Å². The van der Waals surface area contributed by atoms with Crippen molar-refractivity contribution in [1.29, 1.82) is 0 Å². The van der Waals surface area contributed by atoms with E-state index in [-0.39, 0.29) is 0 Å². The Morgan fingerprint density at radius 3 is 2.42 bits per heavy atom. The van der Waals surface area contributed by atoms with Crippen LogP contribution in [-0.4, -0.2) is 25.8 Å². The van der Waals surface area contributed by atoms with E-state index < -0.39 is 10.0 Å². The number of hydrogen-bond donors (Lipinski definition) is 0. The van der Waals surface area contributed by atoms with Crippen LogP contribution in [0.5, 0.6) is 0 Å².